The Hall–Kier alpha value is -1.88. The number of rotatable bonds is 4. The summed E-state index contributed by atoms with van der Waals surface area (Å²) in [6.07, 6.45) is 4.50. The third-order valence-corrected chi connectivity index (χ3v) is 4.72. The van der Waals surface area contributed by atoms with Gasteiger partial charge in [0.05, 0.1) is 12.7 Å². The molecule has 0 aromatic heterocycles. The van der Waals surface area contributed by atoms with Gasteiger partial charge < -0.3 is 14.4 Å². The van der Waals surface area contributed by atoms with Crippen molar-refractivity contribution in [2.24, 2.45) is 5.92 Å². The van der Waals surface area contributed by atoms with E-state index in [4.69, 9.17) is 9.47 Å². The van der Waals surface area contributed by atoms with Crippen molar-refractivity contribution >= 4 is 17.6 Å². The number of amides is 1. The normalized spacial score (nSPS) is 20.2. The Bertz CT molecular complexity index is 593. The van der Waals surface area contributed by atoms with E-state index in [1.807, 2.05) is 17.0 Å². The monoisotopic (exact) mass is 317 g/mol. The quantitative estimate of drug-likeness (QED) is 0.801. The molecule has 2 aliphatic heterocycles. The first-order valence-electron chi connectivity index (χ1n) is 8.28. The lowest BCUT2D eigenvalue weighted by Crippen LogP contribution is -2.29. The van der Waals surface area contributed by atoms with Crippen LogP contribution < -0.4 is 4.90 Å². The minimum atomic E-state index is -0.338. The number of esters is 1. The fourth-order valence-electron chi connectivity index (χ4n) is 3.40. The third-order valence-electron chi connectivity index (χ3n) is 4.72. The van der Waals surface area contributed by atoms with Crippen molar-refractivity contribution in [3.63, 3.8) is 0 Å². The van der Waals surface area contributed by atoms with Gasteiger partial charge in [0.25, 0.3) is 0 Å². The average Bonchev–Trinajstić information content (AvgIpc) is 3.03. The third kappa shape index (κ3) is 3.55. The van der Waals surface area contributed by atoms with E-state index in [1.165, 1.54) is 7.11 Å². The highest BCUT2D eigenvalue weighted by molar-refractivity contribution is 5.97. The van der Waals surface area contributed by atoms with E-state index in [0.29, 0.717) is 24.4 Å². The van der Waals surface area contributed by atoms with Gasteiger partial charge >= 0.3 is 5.97 Å². The van der Waals surface area contributed by atoms with E-state index in [9.17, 15) is 9.59 Å². The standard InChI is InChI=1S/C18H23NO4/c1-22-18(21)15-5-6-16-14(11-15)8-9-19(16)17(20)7-4-13-3-2-10-23-12-13/h5-6,11,13H,2-4,7-10,12H2,1H3/t13-/m0/s1. The fourth-order valence-corrected chi connectivity index (χ4v) is 3.40. The first-order valence-corrected chi connectivity index (χ1v) is 8.28. The van der Waals surface area contributed by atoms with Crippen molar-refractivity contribution in [3.05, 3.63) is 29.3 Å². The maximum absolute atomic E-state index is 12.5. The van der Waals surface area contributed by atoms with Crippen LogP contribution in [0.4, 0.5) is 5.69 Å². The summed E-state index contributed by atoms with van der Waals surface area (Å²) in [5, 5.41) is 0. The Morgan fingerprint density at radius 3 is 3.00 bits per heavy atom. The first-order chi connectivity index (χ1) is 11.2. The molecule has 1 saturated heterocycles. The number of anilines is 1. The van der Waals surface area contributed by atoms with Crippen molar-refractivity contribution in [1.82, 2.24) is 0 Å². The zero-order chi connectivity index (χ0) is 16.2. The number of fused-ring (bicyclic) bond motifs is 1. The van der Waals surface area contributed by atoms with Gasteiger partial charge in [0.2, 0.25) is 5.91 Å². The topological polar surface area (TPSA) is 55.8 Å². The second-order valence-electron chi connectivity index (χ2n) is 6.25. The Balaban J connectivity index is 1.62. The zero-order valence-corrected chi connectivity index (χ0v) is 13.5. The van der Waals surface area contributed by atoms with Gasteiger partial charge in [-0.05, 0) is 55.4 Å². The van der Waals surface area contributed by atoms with Crippen molar-refractivity contribution in [3.8, 4) is 0 Å². The number of nitrogens with zero attached hydrogens (tertiary/aromatic N) is 1. The molecular weight excluding hydrogens is 294 g/mol. The molecule has 0 radical (unpaired) electrons. The summed E-state index contributed by atoms with van der Waals surface area (Å²) in [5.41, 5.74) is 2.52. The summed E-state index contributed by atoms with van der Waals surface area (Å²) in [6.45, 7) is 2.33. The number of carbonyl (C=O) groups excluding carboxylic acids is 2. The van der Waals surface area contributed by atoms with E-state index < -0.39 is 0 Å². The molecule has 0 bridgehead atoms. The van der Waals surface area contributed by atoms with E-state index in [1.54, 1.807) is 6.07 Å². The van der Waals surface area contributed by atoms with Crippen LogP contribution in [0.15, 0.2) is 18.2 Å². The van der Waals surface area contributed by atoms with Gasteiger partial charge in [-0.2, -0.15) is 0 Å². The molecule has 5 heteroatoms. The molecule has 3 rings (SSSR count). The Labute approximate surface area is 136 Å². The van der Waals surface area contributed by atoms with Crippen molar-refractivity contribution in [2.45, 2.75) is 32.1 Å². The summed E-state index contributed by atoms with van der Waals surface area (Å²) < 4.78 is 10.2. The van der Waals surface area contributed by atoms with Crippen LogP contribution in [-0.2, 0) is 20.7 Å². The summed E-state index contributed by atoms with van der Waals surface area (Å²) in [6, 6.07) is 5.42. The fraction of sp³-hybridized carbons (Fsp3) is 0.556. The van der Waals surface area contributed by atoms with Crippen LogP contribution in [0.25, 0.3) is 0 Å². The SMILES string of the molecule is COC(=O)c1ccc2c(c1)CCN2C(=O)CC[C@@H]1CCCOC1. The van der Waals surface area contributed by atoms with Crippen LogP contribution >= 0.6 is 0 Å². The average molecular weight is 317 g/mol. The smallest absolute Gasteiger partial charge is 0.337 e. The van der Waals surface area contributed by atoms with E-state index in [2.05, 4.69) is 0 Å². The van der Waals surface area contributed by atoms with E-state index in [0.717, 1.165) is 50.1 Å². The molecule has 2 aliphatic rings. The highest BCUT2D eigenvalue weighted by Gasteiger charge is 2.26. The molecule has 1 aromatic rings. The van der Waals surface area contributed by atoms with Gasteiger partial charge in [-0.25, -0.2) is 4.79 Å². The minimum absolute atomic E-state index is 0.167. The predicted molar refractivity (Wildman–Crippen MR) is 86.6 cm³/mol. The van der Waals surface area contributed by atoms with Crippen LogP contribution in [-0.4, -0.2) is 38.7 Å². The maximum Gasteiger partial charge on any atom is 0.337 e. The first kappa shape index (κ1) is 16.0. The van der Waals surface area contributed by atoms with Crippen molar-refractivity contribution in [2.75, 3.05) is 31.8 Å². The van der Waals surface area contributed by atoms with Gasteiger partial charge in [0.15, 0.2) is 0 Å². The van der Waals surface area contributed by atoms with Crippen LogP contribution in [0.3, 0.4) is 0 Å². The molecule has 23 heavy (non-hydrogen) atoms. The summed E-state index contributed by atoms with van der Waals surface area (Å²) in [4.78, 5) is 26.0. The molecule has 0 N–H and O–H groups in total. The maximum atomic E-state index is 12.5. The molecule has 2 heterocycles. The molecule has 1 fully saturated rings. The second-order valence-corrected chi connectivity index (χ2v) is 6.25. The lowest BCUT2D eigenvalue weighted by molar-refractivity contribution is -0.119. The molecule has 124 valence electrons. The number of ether oxygens (including phenoxy) is 2. The Morgan fingerprint density at radius 2 is 2.26 bits per heavy atom. The number of hydrogen-bond donors (Lipinski definition) is 0. The van der Waals surface area contributed by atoms with Gasteiger partial charge in [-0.15, -0.1) is 0 Å². The van der Waals surface area contributed by atoms with Gasteiger partial charge in [-0.3, -0.25) is 4.79 Å². The molecule has 0 spiro atoms. The van der Waals surface area contributed by atoms with E-state index >= 15 is 0 Å². The molecule has 0 saturated carbocycles. The van der Waals surface area contributed by atoms with E-state index in [-0.39, 0.29) is 11.9 Å². The van der Waals surface area contributed by atoms with Gasteiger partial charge in [0, 0.05) is 31.9 Å². The van der Waals surface area contributed by atoms with Gasteiger partial charge in [-0.1, -0.05) is 0 Å². The lowest BCUT2D eigenvalue weighted by atomic mass is 9.96. The minimum Gasteiger partial charge on any atom is -0.465 e. The highest BCUT2D eigenvalue weighted by atomic mass is 16.5. The van der Waals surface area contributed by atoms with Gasteiger partial charge in [0.1, 0.15) is 0 Å². The zero-order valence-electron chi connectivity index (χ0n) is 13.5. The molecule has 0 aliphatic carbocycles. The lowest BCUT2D eigenvalue weighted by Gasteiger charge is -2.23. The van der Waals surface area contributed by atoms with Crippen LogP contribution in [0.2, 0.25) is 0 Å². The number of hydrogen-bond acceptors (Lipinski definition) is 4. The van der Waals surface area contributed by atoms with Crippen molar-refractivity contribution < 1.29 is 19.1 Å². The number of benzene rings is 1. The number of carbonyl (C=O) groups is 2. The summed E-state index contributed by atoms with van der Waals surface area (Å²) in [7, 11) is 1.38. The second kappa shape index (κ2) is 7.13. The molecule has 1 amide bonds. The molecule has 1 atom stereocenters. The summed E-state index contributed by atoms with van der Waals surface area (Å²) in [5.74, 6) is 0.339. The number of methoxy groups -OCH3 is 1. The van der Waals surface area contributed by atoms with Crippen molar-refractivity contribution in [1.29, 1.82) is 0 Å². The van der Waals surface area contributed by atoms with Crippen LogP contribution in [0.1, 0.15) is 41.6 Å². The highest BCUT2D eigenvalue weighted by Crippen LogP contribution is 2.30. The van der Waals surface area contributed by atoms with Crippen LogP contribution in [0.5, 0.6) is 0 Å². The van der Waals surface area contributed by atoms with Crippen LogP contribution in [0, 0.1) is 5.92 Å². The predicted octanol–water partition coefficient (Wildman–Crippen LogP) is 2.57. The Morgan fingerprint density at radius 1 is 1.39 bits per heavy atom. The Kier molecular flexibility index (Phi) is 4.96. The molecule has 0 unspecified atom stereocenters. The molecular formula is C18H23NO4. The molecule has 1 aromatic carbocycles. The largest absolute Gasteiger partial charge is 0.465 e. The summed E-state index contributed by atoms with van der Waals surface area (Å²) >= 11 is 0. The molecule has 5 nitrogen and oxygen atoms in total.